The highest BCUT2D eigenvalue weighted by Crippen LogP contribution is 2.38. The van der Waals surface area contributed by atoms with Crippen molar-refractivity contribution in [2.75, 3.05) is 18.9 Å². The predicted molar refractivity (Wildman–Crippen MR) is 140 cm³/mol. The van der Waals surface area contributed by atoms with Gasteiger partial charge >= 0.3 is 0 Å². The summed E-state index contributed by atoms with van der Waals surface area (Å²) in [5, 5.41) is 7.08. The lowest BCUT2D eigenvalue weighted by molar-refractivity contribution is 0.0991. The van der Waals surface area contributed by atoms with Gasteiger partial charge < -0.3 is 9.47 Å². The number of hydrogen-bond acceptors (Lipinski definition) is 10. The maximum absolute atomic E-state index is 13.4. The largest absolute Gasteiger partial charge is 0.494 e. The number of ether oxygens (including phenoxy) is 2. The lowest BCUT2D eigenvalue weighted by Gasteiger charge is -2.18. The van der Waals surface area contributed by atoms with E-state index in [0.29, 0.717) is 34.3 Å². The number of anilines is 1. The van der Waals surface area contributed by atoms with Gasteiger partial charge in [0.2, 0.25) is 21.8 Å². The summed E-state index contributed by atoms with van der Waals surface area (Å²) in [4.78, 5) is 22.3. The number of sulfonamides is 1. The van der Waals surface area contributed by atoms with Crippen LogP contribution >= 0.6 is 11.3 Å². The molecule has 0 amide bonds. The van der Waals surface area contributed by atoms with Gasteiger partial charge in [0.1, 0.15) is 22.4 Å². The van der Waals surface area contributed by atoms with Crippen LogP contribution in [0.5, 0.6) is 11.5 Å². The SMILES string of the molecule is COc1cccc(OC)c1-n1c(NS(=O)(=O)[C@H](C)C(=O)c2nc(C)c(C)s2)nnc1-c1cncc(C)c1. The number of methoxy groups -OCH3 is 2. The molecule has 11 nitrogen and oxygen atoms in total. The van der Waals surface area contributed by atoms with Gasteiger partial charge in [0.25, 0.3) is 0 Å². The Hall–Kier alpha value is -3.84. The normalized spacial score (nSPS) is 12.3. The van der Waals surface area contributed by atoms with Crippen molar-refractivity contribution in [2.24, 2.45) is 0 Å². The number of pyridine rings is 1. The third-order valence-corrected chi connectivity index (χ3v) is 8.43. The van der Waals surface area contributed by atoms with Crippen molar-refractivity contribution in [1.29, 1.82) is 0 Å². The third-order valence-electron chi connectivity index (χ3n) is 5.73. The molecule has 0 spiro atoms. The zero-order valence-electron chi connectivity index (χ0n) is 21.1. The molecule has 3 aromatic heterocycles. The fourth-order valence-corrected chi connectivity index (χ4v) is 5.56. The molecule has 3 heterocycles. The summed E-state index contributed by atoms with van der Waals surface area (Å²) >= 11 is 1.16. The highest BCUT2D eigenvalue weighted by atomic mass is 32.2. The lowest BCUT2D eigenvalue weighted by Crippen LogP contribution is -2.33. The topological polar surface area (TPSA) is 138 Å². The number of aryl methyl sites for hydroxylation is 3. The van der Waals surface area contributed by atoms with Gasteiger partial charge in [-0.15, -0.1) is 21.5 Å². The fourth-order valence-electron chi connectivity index (χ4n) is 3.59. The number of nitrogens with zero attached hydrogens (tertiary/aromatic N) is 5. The number of Topliss-reactive ketones (excluding diaryl/α,β-unsaturated/α-hetero) is 1. The molecule has 0 unspecified atom stereocenters. The number of nitrogens with one attached hydrogen (secondary N) is 1. The van der Waals surface area contributed by atoms with E-state index in [1.54, 1.807) is 37.5 Å². The van der Waals surface area contributed by atoms with Gasteiger partial charge in [0, 0.05) is 22.8 Å². The minimum absolute atomic E-state index is 0.132. The van der Waals surface area contributed by atoms with E-state index in [9.17, 15) is 13.2 Å². The Labute approximate surface area is 218 Å². The summed E-state index contributed by atoms with van der Waals surface area (Å²) in [7, 11) is -1.29. The van der Waals surface area contributed by atoms with Gasteiger partial charge in [-0.1, -0.05) is 6.07 Å². The van der Waals surface area contributed by atoms with Crippen LogP contribution < -0.4 is 14.2 Å². The van der Waals surface area contributed by atoms with Crippen molar-refractivity contribution in [2.45, 2.75) is 32.9 Å². The predicted octanol–water partition coefficient (Wildman–Crippen LogP) is 3.74. The van der Waals surface area contributed by atoms with E-state index in [0.717, 1.165) is 21.8 Å². The van der Waals surface area contributed by atoms with Crippen LogP contribution in [-0.4, -0.2) is 58.4 Å². The van der Waals surface area contributed by atoms with Gasteiger partial charge in [0.05, 0.1) is 19.9 Å². The molecule has 13 heteroatoms. The minimum Gasteiger partial charge on any atom is -0.494 e. The van der Waals surface area contributed by atoms with Gasteiger partial charge in [0.15, 0.2) is 10.8 Å². The number of carbonyl (C=O) groups excluding carboxylic acids is 1. The van der Waals surface area contributed by atoms with Crippen LogP contribution in [0.4, 0.5) is 5.95 Å². The van der Waals surface area contributed by atoms with Gasteiger partial charge in [-0.25, -0.2) is 13.4 Å². The molecule has 1 N–H and O–H groups in total. The molecule has 4 rings (SSSR count). The standard InChI is InChI=1S/C24H26N6O5S2/c1-13-10-17(12-25-11-13)22-27-28-24(30(22)20-18(34-5)8-7-9-19(20)35-6)29-37(32,33)16(4)21(31)23-26-14(2)15(3)36-23/h7-12,16H,1-6H3,(H,28,29)/t16-/m1/s1. The summed E-state index contributed by atoms with van der Waals surface area (Å²) in [5.41, 5.74) is 2.51. The van der Waals surface area contributed by atoms with Crippen LogP contribution in [0, 0.1) is 20.8 Å². The number of rotatable bonds is 9. The second-order valence-corrected chi connectivity index (χ2v) is 11.5. The first-order chi connectivity index (χ1) is 17.6. The van der Waals surface area contributed by atoms with Crippen molar-refractivity contribution >= 4 is 33.1 Å². The Balaban J connectivity index is 1.85. The van der Waals surface area contributed by atoms with E-state index in [-0.39, 0.29) is 11.0 Å². The molecule has 0 saturated carbocycles. The molecule has 0 bridgehead atoms. The molecule has 37 heavy (non-hydrogen) atoms. The molecular weight excluding hydrogens is 516 g/mol. The zero-order chi connectivity index (χ0) is 26.9. The Morgan fingerprint density at radius 2 is 1.76 bits per heavy atom. The van der Waals surface area contributed by atoms with E-state index in [2.05, 4.69) is 24.9 Å². The Morgan fingerprint density at radius 3 is 2.32 bits per heavy atom. The lowest BCUT2D eigenvalue weighted by atomic mass is 10.2. The second kappa shape index (κ2) is 10.3. The molecule has 0 aliphatic rings. The molecule has 0 radical (unpaired) electrons. The number of benzene rings is 1. The Bertz CT molecular complexity index is 1540. The van der Waals surface area contributed by atoms with Gasteiger partial charge in [-0.2, -0.15) is 0 Å². The van der Waals surface area contributed by atoms with E-state index >= 15 is 0 Å². The first-order valence-corrected chi connectivity index (χ1v) is 13.5. The monoisotopic (exact) mass is 542 g/mol. The quantitative estimate of drug-likeness (QED) is 0.313. The van der Waals surface area contributed by atoms with Crippen molar-refractivity contribution in [3.63, 3.8) is 0 Å². The van der Waals surface area contributed by atoms with Crippen LogP contribution in [0.3, 0.4) is 0 Å². The average Bonchev–Trinajstić information content (AvgIpc) is 3.44. The van der Waals surface area contributed by atoms with Crippen LogP contribution in [-0.2, 0) is 10.0 Å². The molecule has 0 fully saturated rings. The third kappa shape index (κ3) is 5.04. The van der Waals surface area contributed by atoms with E-state index in [4.69, 9.17) is 9.47 Å². The first kappa shape index (κ1) is 26.2. The number of ketones is 1. The van der Waals surface area contributed by atoms with E-state index in [1.807, 2.05) is 19.9 Å². The summed E-state index contributed by atoms with van der Waals surface area (Å²) < 4.78 is 41.8. The molecule has 1 atom stereocenters. The van der Waals surface area contributed by atoms with E-state index < -0.39 is 21.1 Å². The van der Waals surface area contributed by atoms with Crippen LogP contribution in [0.1, 0.15) is 32.9 Å². The Kier molecular flexibility index (Phi) is 7.28. The molecule has 194 valence electrons. The highest BCUT2D eigenvalue weighted by Gasteiger charge is 2.33. The second-order valence-electron chi connectivity index (χ2n) is 8.26. The van der Waals surface area contributed by atoms with E-state index in [1.165, 1.54) is 25.7 Å². The average molecular weight is 543 g/mol. The zero-order valence-corrected chi connectivity index (χ0v) is 22.8. The first-order valence-electron chi connectivity index (χ1n) is 11.2. The molecule has 0 aliphatic carbocycles. The molecule has 4 aromatic rings. The van der Waals surface area contributed by atoms with Gasteiger partial charge in [-0.05, 0) is 51.5 Å². The van der Waals surface area contributed by atoms with Crippen LogP contribution in [0.15, 0.2) is 36.7 Å². The van der Waals surface area contributed by atoms with Gasteiger partial charge in [-0.3, -0.25) is 19.1 Å². The molecule has 0 saturated heterocycles. The summed E-state index contributed by atoms with van der Waals surface area (Å²) in [6.07, 6.45) is 3.28. The summed E-state index contributed by atoms with van der Waals surface area (Å²) in [6, 6.07) is 6.98. The van der Waals surface area contributed by atoms with Crippen molar-refractivity contribution in [1.82, 2.24) is 24.7 Å². The Morgan fingerprint density at radius 1 is 1.08 bits per heavy atom. The smallest absolute Gasteiger partial charge is 0.245 e. The van der Waals surface area contributed by atoms with Crippen molar-refractivity contribution < 1.29 is 22.7 Å². The maximum atomic E-state index is 13.4. The number of thiazole rings is 1. The highest BCUT2D eigenvalue weighted by molar-refractivity contribution is 7.94. The summed E-state index contributed by atoms with van der Waals surface area (Å²) in [5.74, 6) is 0.309. The number of aromatic nitrogens is 5. The number of carbonyl (C=O) groups is 1. The molecule has 0 aliphatic heterocycles. The molecular formula is C24H26N6O5S2. The van der Waals surface area contributed by atoms with Crippen molar-refractivity contribution in [3.05, 3.63) is 57.8 Å². The van der Waals surface area contributed by atoms with Crippen LogP contribution in [0.25, 0.3) is 17.1 Å². The summed E-state index contributed by atoms with van der Waals surface area (Å²) in [6.45, 7) is 6.78. The maximum Gasteiger partial charge on any atom is 0.245 e. The molecule has 1 aromatic carbocycles. The van der Waals surface area contributed by atoms with Crippen molar-refractivity contribution in [3.8, 4) is 28.6 Å². The van der Waals surface area contributed by atoms with Crippen LogP contribution in [0.2, 0.25) is 0 Å². The fraction of sp³-hybridized carbons (Fsp3) is 0.292. The minimum atomic E-state index is -4.26. The number of hydrogen-bond donors (Lipinski definition) is 1. The number of para-hydroxylation sites is 1.